The van der Waals surface area contributed by atoms with E-state index in [9.17, 15) is 19.2 Å². The number of fused-ring (bicyclic) bond motifs is 2. The maximum Gasteiger partial charge on any atom is 0.333 e. The Morgan fingerprint density at radius 2 is 1.60 bits per heavy atom. The molecule has 2 saturated heterocycles. The van der Waals surface area contributed by atoms with E-state index in [0.717, 1.165) is 53.0 Å². The van der Waals surface area contributed by atoms with E-state index in [1.165, 1.54) is 0 Å². The number of hydrogen-bond acceptors (Lipinski definition) is 9. The first kappa shape index (κ1) is 30.5. The molecule has 2 aromatic carbocycles. The Bertz CT molecular complexity index is 1970. The summed E-state index contributed by atoms with van der Waals surface area (Å²) in [6.45, 7) is 7.66. The quantitative estimate of drug-likeness (QED) is 0.193. The molecule has 2 aliphatic heterocycles. The second-order valence-corrected chi connectivity index (χ2v) is 12.4. The summed E-state index contributed by atoms with van der Waals surface area (Å²) < 4.78 is 2.07. The molecular weight excluding hydrogens is 596 g/mol. The van der Waals surface area contributed by atoms with Crippen molar-refractivity contribution < 1.29 is 24.0 Å². The van der Waals surface area contributed by atoms with Crippen LogP contribution in [0.5, 0.6) is 0 Å². The molecule has 2 fully saturated rings. The molecule has 0 atom stereocenters. The average molecular weight is 633 g/mol. The third-order valence-electron chi connectivity index (χ3n) is 9.17. The van der Waals surface area contributed by atoms with Crippen LogP contribution in [0, 0.1) is 0 Å². The van der Waals surface area contributed by atoms with Crippen LogP contribution in [0.3, 0.4) is 0 Å². The topological polar surface area (TPSA) is 118 Å². The number of benzene rings is 2. The molecule has 4 aromatic rings. The smallest absolute Gasteiger partial charge is 0.333 e. The fraction of sp³-hybridized carbons (Fsp3) is 0.333. The van der Waals surface area contributed by atoms with Gasteiger partial charge in [0.2, 0.25) is 5.95 Å². The van der Waals surface area contributed by atoms with Crippen molar-refractivity contribution in [1.82, 2.24) is 24.5 Å². The number of unbranched alkanes of at least 4 members (excludes halogenated alkanes) is 1. The lowest BCUT2D eigenvalue weighted by atomic mass is 9.97. The van der Waals surface area contributed by atoms with E-state index in [1.54, 1.807) is 0 Å². The highest BCUT2D eigenvalue weighted by atomic mass is 16.7. The van der Waals surface area contributed by atoms with Crippen molar-refractivity contribution in [2.45, 2.75) is 45.1 Å². The number of ketones is 2. The van der Waals surface area contributed by atoms with Crippen LogP contribution in [0.1, 0.15) is 49.8 Å². The number of carbonyl (C=O) groups is 4. The fourth-order valence-corrected chi connectivity index (χ4v) is 6.62. The molecule has 3 aliphatic rings. The molecule has 1 amide bonds. The summed E-state index contributed by atoms with van der Waals surface area (Å²) in [6.07, 6.45) is 3.88. The number of Topliss-reactive ketones (excluding diaryl/α,β-unsaturated/α-hetero) is 2. The van der Waals surface area contributed by atoms with Gasteiger partial charge in [-0.15, -0.1) is 5.06 Å². The lowest BCUT2D eigenvalue weighted by Crippen LogP contribution is -2.45. The van der Waals surface area contributed by atoms with Gasteiger partial charge in [0, 0.05) is 79.2 Å². The Kier molecular flexibility index (Phi) is 8.15. The van der Waals surface area contributed by atoms with Gasteiger partial charge in [0.15, 0.2) is 11.6 Å². The van der Waals surface area contributed by atoms with Gasteiger partial charge in [-0.25, -0.2) is 14.8 Å². The first-order valence-electron chi connectivity index (χ1n) is 16.1. The molecule has 0 N–H and O–H groups in total. The zero-order valence-corrected chi connectivity index (χ0v) is 26.4. The van der Waals surface area contributed by atoms with Crippen LogP contribution < -0.4 is 4.90 Å². The molecule has 47 heavy (non-hydrogen) atoms. The van der Waals surface area contributed by atoms with Crippen molar-refractivity contribution >= 4 is 62.3 Å². The Hall–Kier alpha value is -5.16. The fourth-order valence-electron chi connectivity index (χ4n) is 6.62. The number of hydroxylamine groups is 2. The Labute approximate surface area is 272 Å². The number of allylic oxidation sites excluding steroid dienone is 3. The van der Waals surface area contributed by atoms with E-state index < -0.39 is 5.97 Å². The molecule has 0 radical (unpaired) electrons. The van der Waals surface area contributed by atoms with Crippen LogP contribution >= 0.6 is 0 Å². The van der Waals surface area contributed by atoms with Gasteiger partial charge in [-0.3, -0.25) is 14.4 Å². The molecule has 7 rings (SSSR count). The van der Waals surface area contributed by atoms with E-state index in [-0.39, 0.29) is 30.3 Å². The predicted molar refractivity (Wildman–Crippen MR) is 178 cm³/mol. The minimum absolute atomic E-state index is 0.155. The van der Waals surface area contributed by atoms with Gasteiger partial charge < -0.3 is 19.2 Å². The molecule has 240 valence electrons. The SMILES string of the molecule is C=C1CCC(=O)N1OC(=O)CCCCn1cc(C2=C(c3nc(N4CCN(C)CC4)nc4ccccc34)C(=O)CC2=O)c2ccccc21. The monoisotopic (exact) mass is 632 g/mol. The van der Waals surface area contributed by atoms with Gasteiger partial charge in [0.1, 0.15) is 0 Å². The lowest BCUT2D eigenvalue weighted by molar-refractivity contribution is -0.186. The van der Waals surface area contributed by atoms with E-state index in [2.05, 4.69) is 28.0 Å². The lowest BCUT2D eigenvalue weighted by Gasteiger charge is -2.32. The normalized spacial score (nSPS) is 17.6. The average Bonchev–Trinajstić information content (AvgIpc) is 3.70. The van der Waals surface area contributed by atoms with Gasteiger partial charge in [-0.1, -0.05) is 43.0 Å². The summed E-state index contributed by atoms with van der Waals surface area (Å²) >= 11 is 0. The van der Waals surface area contributed by atoms with Crippen LogP contribution in [-0.2, 0) is 30.6 Å². The van der Waals surface area contributed by atoms with Gasteiger partial charge in [-0.05, 0) is 38.4 Å². The Morgan fingerprint density at radius 1 is 0.872 bits per heavy atom. The molecule has 11 nitrogen and oxygen atoms in total. The van der Waals surface area contributed by atoms with Crippen LogP contribution in [0.4, 0.5) is 5.95 Å². The van der Waals surface area contributed by atoms with E-state index >= 15 is 0 Å². The minimum atomic E-state index is -0.475. The second-order valence-electron chi connectivity index (χ2n) is 12.4. The molecular formula is C36H36N6O5. The minimum Gasteiger partial charge on any atom is -0.347 e. The standard InChI is InChI=1S/C36H36N6O5/c1-23-14-15-31(45)42(23)47-32(46)13-7-8-16-41-22-26(24-9-4-6-12-28(24)41)33-29(43)21-30(44)34(33)35-25-10-3-5-11-27(25)37-36(38-35)40-19-17-39(2)18-20-40/h3-6,9-12,22H,1,7-8,13-21H2,2H3. The van der Waals surface area contributed by atoms with Crippen LogP contribution in [0.2, 0.25) is 0 Å². The Morgan fingerprint density at radius 3 is 2.36 bits per heavy atom. The summed E-state index contributed by atoms with van der Waals surface area (Å²) in [4.78, 5) is 71.2. The number of aromatic nitrogens is 3. The number of piperazine rings is 1. The molecule has 0 spiro atoms. The number of para-hydroxylation sites is 2. The van der Waals surface area contributed by atoms with Crippen molar-refractivity contribution in [2.24, 2.45) is 0 Å². The molecule has 2 aromatic heterocycles. The van der Waals surface area contributed by atoms with Crippen molar-refractivity contribution in [1.29, 1.82) is 0 Å². The molecule has 4 heterocycles. The molecule has 11 heteroatoms. The highest BCUT2D eigenvalue weighted by Crippen LogP contribution is 2.41. The largest absolute Gasteiger partial charge is 0.347 e. The number of aryl methyl sites for hydroxylation is 1. The zero-order chi connectivity index (χ0) is 32.7. The third kappa shape index (κ3) is 5.83. The van der Waals surface area contributed by atoms with Crippen LogP contribution in [0.25, 0.3) is 33.0 Å². The Balaban J connectivity index is 1.21. The van der Waals surface area contributed by atoms with Gasteiger partial charge in [-0.2, -0.15) is 0 Å². The number of carbonyl (C=O) groups excluding carboxylic acids is 4. The molecule has 0 saturated carbocycles. The number of hydrogen-bond donors (Lipinski definition) is 0. The molecule has 0 unspecified atom stereocenters. The van der Waals surface area contributed by atoms with E-state index in [0.29, 0.717) is 66.3 Å². The first-order chi connectivity index (χ1) is 22.8. The maximum absolute atomic E-state index is 13.7. The van der Waals surface area contributed by atoms with Crippen LogP contribution in [-0.4, -0.2) is 81.2 Å². The van der Waals surface area contributed by atoms with Crippen molar-refractivity contribution in [3.8, 4) is 0 Å². The zero-order valence-electron chi connectivity index (χ0n) is 26.4. The predicted octanol–water partition coefficient (Wildman–Crippen LogP) is 4.55. The highest BCUT2D eigenvalue weighted by molar-refractivity contribution is 6.52. The van der Waals surface area contributed by atoms with E-state index in [1.807, 2.05) is 54.7 Å². The maximum atomic E-state index is 13.7. The number of likely N-dealkylation sites (N-methyl/N-ethyl adjacent to an activating group) is 1. The number of rotatable bonds is 9. The molecule has 1 aliphatic carbocycles. The summed E-state index contributed by atoms with van der Waals surface area (Å²) in [6, 6.07) is 15.5. The second kappa shape index (κ2) is 12.6. The van der Waals surface area contributed by atoms with Crippen LogP contribution in [0.15, 0.2) is 67.0 Å². The first-order valence-corrected chi connectivity index (χ1v) is 16.1. The van der Waals surface area contributed by atoms with E-state index in [4.69, 9.17) is 14.8 Å². The number of nitrogens with zero attached hydrogens (tertiary/aromatic N) is 6. The van der Waals surface area contributed by atoms with Gasteiger partial charge in [0.05, 0.1) is 28.9 Å². The van der Waals surface area contributed by atoms with Gasteiger partial charge >= 0.3 is 5.97 Å². The van der Waals surface area contributed by atoms with Crippen molar-refractivity contribution in [3.63, 3.8) is 0 Å². The summed E-state index contributed by atoms with van der Waals surface area (Å²) in [5.41, 5.74) is 4.06. The van der Waals surface area contributed by atoms with Crippen molar-refractivity contribution in [3.05, 3.63) is 78.3 Å². The number of amides is 1. The summed E-state index contributed by atoms with van der Waals surface area (Å²) in [5, 5.41) is 2.61. The summed E-state index contributed by atoms with van der Waals surface area (Å²) in [5.74, 6) is -0.637. The van der Waals surface area contributed by atoms with Gasteiger partial charge in [0.25, 0.3) is 5.91 Å². The summed E-state index contributed by atoms with van der Waals surface area (Å²) in [7, 11) is 2.09. The third-order valence-corrected chi connectivity index (χ3v) is 9.17. The van der Waals surface area contributed by atoms with Crippen molar-refractivity contribution in [2.75, 3.05) is 38.1 Å². The highest BCUT2D eigenvalue weighted by Gasteiger charge is 2.36. The number of anilines is 1. The molecule has 0 bridgehead atoms.